The van der Waals surface area contributed by atoms with E-state index < -0.39 is 0 Å². The van der Waals surface area contributed by atoms with Crippen LogP contribution in [-0.2, 0) is 0 Å². The fourth-order valence-corrected chi connectivity index (χ4v) is 1.38. The Bertz CT molecular complexity index is 257. The predicted octanol–water partition coefficient (Wildman–Crippen LogP) is 2.97. The van der Waals surface area contributed by atoms with Crippen LogP contribution in [0.5, 0.6) is 0 Å². The molecule has 2 rings (SSSR count). The van der Waals surface area contributed by atoms with Gasteiger partial charge >= 0.3 is 0 Å². The van der Waals surface area contributed by atoms with E-state index in [4.69, 9.17) is 4.42 Å². The van der Waals surface area contributed by atoms with Crippen LogP contribution in [0.1, 0.15) is 11.3 Å². The highest BCUT2D eigenvalue weighted by Crippen LogP contribution is 2.21. The van der Waals surface area contributed by atoms with Gasteiger partial charge in [-0.2, -0.15) is 0 Å². The van der Waals surface area contributed by atoms with E-state index >= 15 is 0 Å². The fourth-order valence-electron chi connectivity index (χ4n) is 0.863. The molecule has 0 bridgehead atoms. The molecule has 0 saturated carbocycles. The normalized spacial score (nSPS) is 14.8. The van der Waals surface area contributed by atoms with Crippen molar-refractivity contribution in [2.24, 2.45) is 0 Å². The number of hydrogen-bond donors (Lipinski definition) is 0. The van der Waals surface area contributed by atoms with Crippen molar-refractivity contribution >= 4 is 23.9 Å². The van der Waals surface area contributed by atoms with Crippen LogP contribution in [-0.4, -0.2) is 0 Å². The average molecular weight is 150 g/mol. The molecule has 50 valence electrons. The third-order valence-corrected chi connectivity index (χ3v) is 1.94. The highest BCUT2D eigenvalue weighted by Gasteiger charge is 1.99. The maximum atomic E-state index is 5.18. The summed E-state index contributed by atoms with van der Waals surface area (Å²) in [5.74, 6) is 0.946. The second-order valence-corrected chi connectivity index (χ2v) is 2.80. The first-order valence-corrected chi connectivity index (χ1v) is 3.97. The van der Waals surface area contributed by atoms with Crippen LogP contribution >= 0.6 is 11.8 Å². The molecule has 0 aliphatic carbocycles. The van der Waals surface area contributed by atoms with Crippen molar-refractivity contribution in [2.75, 3.05) is 0 Å². The molecule has 1 aromatic heterocycles. The van der Waals surface area contributed by atoms with Gasteiger partial charge in [0.1, 0.15) is 5.76 Å². The van der Waals surface area contributed by atoms with Gasteiger partial charge in [0.05, 0.1) is 6.26 Å². The Morgan fingerprint density at radius 2 is 2.10 bits per heavy atom. The van der Waals surface area contributed by atoms with Crippen LogP contribution in [0.4, 0.5) is 0 Å². The van der Waals surface area contributed by atoms with Crippen molar-refractivity contribution in [1.29, 1.82) is 0 Å². The van der Waals surface area contributed by atoms with E-state index in [1.165, 1.54) is 0 Å². The third kappa shape index (κ3) is 0.907. The van der Waals surface area contributed by atoms with Gasteiger partial charge in [-0.1, -0.05) is 0 Å². The lowest BCUT2D eigenvalue weighted by Crippen LogP contribution is -1.66. The summed E-state index contributed by atoms with van der Waals surface area (Å²) in [4.78, 5) is 0. The molecule has 0 fully saturated rings. The highest BCUT2D eigenvalue weighted by atomic mass is 32.2. The molecule has 0 N–H and O–H groups in total. The van der Waals surface area contributed by atoms with Crippen molar-refractivity contribution in [3.8, 4) is 0 Å². The largest absolute Gasteiger partial charge is 0.464 e. The van der Waals surface area contributed by atoms with Crippen molar-refractivity contribution in [1.82, 2.24) is 0 Å². The Balaban J connectivity index is 2.56. The van der Waals surface area contributed by atoms with Crippen molar-refractivity contribution in [2.45, 2.75) is 0 Å². The van der Waals surface area contributed by atoms with Gasteiger partial charge < -0.3 is 4.42 Å². The standard InChI is InChI=1S/C8H6OS/c1-4-9-8-3-6-10-5-2-7(1)8/h1-6H. The van der Waals surface area contributed by atoms with Crippen molar-refractivity contribution in [3.63, 3.8) is 0 Å². The van der Waals surface area contributed by atoms with E-state index in [2.05, 4.69) is 0 Å². The maximum absolute atomic E-state index is 5.18. The smallest absolute Gasteiger partial charge is 0.134 e. The Morgan fingerprint density at radius 1 is 1.20 bits per heavy atom. The molecule has 0 radical (unpaired) electrons. The fraction of sp³-hybridized carbons (Fsp3) is 0. The molecular formula is C8H6OS. The van der Waals surface area contributed by atoms with Crippen LogP contribution in [0.15, 0.2) is 27.6 Å². The molecule has 1 aliphatic rings. The monoisotopic (exact) mass is 150 g/mol. The van der Waals surface area contributed by atoms with E-state index in [1.807, 2.05) is 29.0 Å². The van der Waals surface area contributed by atoms with Gasteiger partial charge in [-0.15, -0.1) is 11.8 Å². The lowest BCUT2D eigenvalue weighted by atomic mass is 10.2. The van der Waals surface area contributed by atoms with Gasteiger partial charge in [-0.25, -0.2) is 0 Å². The SMILES string of the molecule is C1=Cc2ccoc2C=CS1. The Labute approximate surface area is 63.4 Å². The zero-order chi connectivity index (χ0) is 6.81. The predicted molar refractivity (Wildman–Crippen MR) is 44.4 cm³/mol. The molecule has 1 aliphatic heterocycles. The summed E-state index contributed by atoms with van der Waals surface area (Å²) in [6, 6.07) is 1.96. The number of rotatable bonds is 0. The van der Waals surface area contributed by atoms with Gasteiger partial charge in [0.2, 0.25) is 0 Å². The maximum Gasteiger partial charge on any atom is 0.134 e. The molecule has 0 aromatic carbocycles. The Hall–Kier alpha value is -0.890. The number of furan rings is 1. The Kier molecular flexibility index (Phi) is 1.40. The molecular weight excluding hydrogens is 144 g/mol. The van der Waals surface area contributed by atoms with Crippen LogP contribution in [0.2, 0.25) is 0 Å². The zero-order valence-corrected chi connectivity index (χ0v) is 6.10. The first-order valence-electron chi connectivity index (χ1n) is 3.03. The summed E-state index contributed by atoms with van der Waals surface area (Å²) >= 11 is 1.66. The second kappa shape index (κ2) is 2.39. The summed E-state index contributed by atoms with van der Waals surface area (Å²) in [5, 5.41) is 4.05. The average Bonchev–Trinajstić information content (AvgIpc) is 2.28. The van der Waals surface area contributed by atoms with Crippen LogP contribution in [0.25, 0.3) is 12.2 Å². The highest BCUT2D eigenvalue weighted by molar-refractivity contribution is 8.05. The van der Waals surface area contributed by atoms with Gasteiger partial charge in [0.25, 0.3) is 0 Å². The lowest BCUT2D eigenvalue weighted by Gasteiger charge is -1.83. The molecule has 1 nitrogen and oxygen atoms in total. The van der Waals surface area contributed by atoms with Crippen LogP contribution in [0.3, 0.4) is 0 Å². The minimum Gasteiger partial charge on any atom is -0.464 e. The van der Waals surface area contributed by atoms with E-state index in [9.17, 15) is 0 Å². The van der Waals surface area contributed by atoms with Crippen molar-refractivity contribution in [3.05, 3.63) is 34.5 Å². The third-order valence-electron chi connectivity index (χ3n) is 1.35. The Morgan fingerprint density at radius 3 is 3.10 bits per heavy atom. The van der Waals surface area contributed by atoms with E-state index in [1.54, 1.807) is 18.0 Å². The molecule has 10 heavy (non-hydrogen) atoms. The van der Waals surface area contributed by atoms with E-state index in [0.717, 1.165) is 11.3 Å². The number of fused-ring (bicyclic) bond motifs is 1. The molecule has 2 heteroatoms. The van der Waals surface area contributed by atoms with E-state index in [0.29, 0.717) is 0 Å². The minimum atomic E-state index is 0.946. The summed E-state index contributed by atoms with van der Waals surface area (Å²) < 4.78 is 5.18. The number of thioether (sulfide) groups is 1. The molecule has 0 amide bonds. The quantitative estimate of drug-likeness (QED) is 0.564. The van der Waals surface area contributed by atoms with Crippen molar-refractivity contribution < 1.29 is 4.42 Å². The molecule has 2 heterocycles. The van der Waals surface area contributed by atoms with Gasteiger partial charge in [-0.05, 0) is 29.0 Å². The van der Waals surface area contributed by atoms with Crippen LogP contribution < -0.4 is 0 Å². The van der Waals surface area contributed by atoms with E-state index in [-0.39, 0.29) is 0 Å². The summed E-state index contributed by atoms with van der Waals surface area (Å²) in [5.41, 5.74) is 1.15. The molecule has 0 unspecified atom stereocenters. The van der Waals surface area contributed by atoms with Gasteiger partial charge in [-0.3, -0.25) is 0 Å². The molecule has 0 spiro atoms. The van der Waals surface area contributed by atoms with Gasteiger partial charge in [0.15, 0.2) is 0 Å². The zero-order valence-electron chi connectivity index (χ0n) is 5.28. The summed E-state index contributed by atoms with van der Waals surface area (Å²) in [6.07, 6.45) is 5.72. The molecule has 0 saturated heterocycles. The second-order valence-electron chi connectivity index (χ2n) is 1.98. The topological polar surface area (TPSA) is 13.1 Å². The minimum absolute atomic E-state index is 0.946. The summed E-state index contributed by atoms with van der Waals surface area (Å²) in [6.45, 7) is 0. The first kappa shape index (κ1) is 5.86. The lowest BCUT2D eigenvalue weighted by molar-refractivity contribution is 0.556. The molecule has 1 aromatic rings. The number of hydrogen-bond acceptors (Lipinski definition) is 2. The summed E-state index contributed by atoms with van der Waals surface area (Å²) in [7, 11) is 0. The first-order chi connectivity index (χ1) is 4.97. The molecule has 0 atom stereocenters. The van der Waals surface area contributed by atoms with Crippen LogP contribution in [0, 0.1) is 0 Å². The van der Waals surface area contributed by atoms with Gasteiger partial charge in [0, 0.05) is 5.56 Å².